The highest BCUT2D eigenvalue weighted by molar-refractivity contribution is 7.87. The van der Waals surface area contributed by atoms with Gasteiger partial charge < -0.3 is 85.6 Å². The summed E-state index contributed by atoms with van der Waals surface area (Å²) in [5.74, 6) is 1.42. The van der Waals surface area contributed by atoms with Crippen molar-refractivity contribution in [1.82, 2.24) is 24.4 Å². The highest BCUT2D eigenvalue weighted by Crippen LogP contribution is 2.27. The van der Waals surface area contributed by atoms with Gasteiger partial charge in [0.15, 0.2) is 33.2 Å². The number of hydrogen-bond acceptors (Lipinski definition) is 31. The summed E-state index contributed by atoms with van der Waals surface area (Å²) in [6, 6.07) is 19.7. The molecule has 0 bridgehead atoms. The second-order valence-electron chi connectivity index (χ2n) is 22.6. The molecule has 0 aliphatic carbocycles. The number of alkyl halides is 3. The van der Waals surface area contributed by atoms with Crippen LogP contribution in [0.15, 0.2) is 123 Å². The number of nitrogens with zero attached hydrogens (tertiary/aromatic N) is 18. The van der Waals surface area contributed by atoms with Crippen molar-refractivity contribution in [3.8, 4) is 23.0 Å². The van der Waals surface area contributed by atoms with E-state index in [0.29, 0.717) is 196 Å². The molecule has 47 heteroatoms. The van der Waals surface area contributed by atoms with Gasteiger partial charge in [-0.05, 0) is 89.7 Å². The summed E-state index contributed by atoms with van der Waals surface area (Å²) < 4.78 is 193. The van der Waals surface area contributed by atoms with Crippen LogP contribution in [-0.4, -0.2) is 298 Å². The van der Waals surface area contributed by atoms with E-state index in [2.05, 4.69) is 73.9 Å². The average molecular weight is 1690 g/mol. The van der Waals surface area contributed by atoms with Crippen LogP contribution in [0.3, 0.4) is 0 Å². The summed E-state index contributed by atoms with van der Waals surface area (Å²) >= 11 is 0. The van der Waals surface area contributed by atoms with Gasteiger partial charge in [-0.25, -0.2) is 28.4 Å². The van der Waals surface area contributed by atoms with Crippen LogP contribution in [0.5, 0.6) is 23.0 Å². The first-order valence-corrected chi connectivity index (χ1v) is 38.1. The summed E-state index contributed by atoms with van der Waals surface area (Å²) in [6.45, 7) is 18.6. The number of azide groups is 4. The molecule has 1 N–H and O–H groups in total. The Morgan fingerprint density at radius 1 is 0.443 bits per heavy atom. The fraction of sp³-hybridized carbons (Fsp3) is 0.618. The van der Waals surface area contributed by atoms with Crippen LogP contribution in [-0.2, 0) is 81.3 Å². The standard InChI is InChI=1S/C16H28N5O4.C15H25N5O4.C15H23N3O6S.C13H19FN4O4.C5H4FNO.C3H8.CHF3O3S/c1-21(2,3)16-15(5-4-6-18-16)25-14-13-24-12-11-23-10-9-22-8-7-19-20-17;1-20(2)15-14(4-3-5-17-15)24-13-12-23-11-10-22-9-8-21-7-6-18-19-16;1-14-2-4-15(5-3-14)25(19,20)24-13-12-23-11-10-22-9-8-21-7-6-17-18-16;14-13-12(2-1-3-16-13)22-11-10-21-9-8-20-7-6-19-5-4-17-18-15;6-5-4(8)2-1-3-7-5;1-3-2;2-1(3,4)8(5,6)7/h4-6H,7-14H2,1-3H3;3-5H,6-13H2,1-2H3;2-5H,6-13H2,1H3;1-3H,4-11H2;1-3,8H;3H2,1-2H3;(H,5,6,7)/q+1;;;;;;/p-1. The van der Waals surface area contributed by atoms with E-state index in [1.165, 1.54) is 49.1 Å². The first kappa shape index (κ1) is 108. The number of anilines is 1. The summed E-state index contributed by atoms with van der Waals surface area (Å²) in [6.07, 6.45) is 7.38. The van der Waals surface area contributed by atoms with Gasteiger partial charge in [0.2, 0.25) is 5.75 Å². The lowest BCUT2D eigenvalue weighted by Gasteiger charge is -2.23. The number of aromatic hydroxyl groups is 1. The summed E-state index contributed by atoms with van der Waals surface area (Å²) in [5.41, 5.74) is 27.6. The van der Waals surface area contributed by atoms with Gasteiger partial charge in [-0.1, -0.05) is 58.4 Å². The number of quaternary nitrogens is 1. The van der Waals surface area contributed by atoms with E-state index >= 15 is 0 Å². The largest absolute Gasteiger partial charge is 0.741 e. The Kier molecular flexibility index (Phi) is 68.3. The van der Waals surface area contributed by atoms with Crippen molar-refractivity contribution in [3.63, 3.8) is 0 Å². The predicted octanol–water partition coefficient (Wildman–Crippen LogP) is 10.3. The normalized spacial score (nSPS) is 10.7. The molecule has 0 spiro atoms. The number of ether oxygens (including phenoxy) is 15. The van der Waals surface area contributed by atoms with E-state index in [1.807, 2.05) is 71.3 Å². The average Bonchev–Trinajstić information content (AvgIpc) is 0.838. The summed E-state index contributed by atoms with van der Waals surface area (Å²) in [7, 11) is 0.136. The van der Waals surface area contributed by atoms with Gasteiger partial charge in [0.05, 0.1) is 191 Å². The highest BCUT2D eigenvalue weighted by atomic mass is 32.2. The van der Waals surface area contributed by atoms with Crippen LogP contribution in [0.2, 0.25) is 0 Å². The molecule has 0 unspecified atom stereocenters. The molecule has 0 radical (unpaired) electrons. The fourth-order valence-corrected chi connectivity index (χ4v) is 7.95. The Hall–Kier alpha value is -8.99. The van der Waals surface area contributed by atoms with E-state index in [-0.39, 0.29) is 30.5 Å². The highest BCUT2D eigenvalue weighted by Gasteiger charge is 2.37. The van der Waals surface area contributed by atoms with E-state index in [1.54, 1.807) is 30.6 Å². The molecule has 40 nitrogen and oxygen atoms in total. The zero-order valence-electron chi connectivity index (χ0n) is 65.8. The molecule has 0 saturated heterocycles. The number of pyridine rings is 4. The van der Waals surface area contributed by atoms with Crippen molar-refractivity contribution in [1.29, 1.82) is 0 Å². The Morgan fingerprint density at radius 2 is 0.730 bits per heavy atom. The lowest BCUT2D eigenvalue weighted by atomic mass is 10.2. The third kappa shape index (κ3) is 64.9. The fourth-order valence-electron chi connectivity index (χ4n) is 7.06. The van der Waals surface area contributed by atoms with E-state index < -0.39 is 43.4 Å². The van der Waals surface area contributed by atoms with Crippen LogP contribution in [0.25, 0.3) is 41.8 Å². The molecule has 0 amide bonds. The molecule has 5 aromatic rings. The van der Waals surface area contributed by atoms with E-state index in [4.69, 9.17) is 115 Å². The second-order valence-corrected chi connectivity index (χ2v) is 25.6. The molecule has 1 aromatic carbocycles. The van der Waals surface area contributed by atoms with Crippen molar-refractivity contribution < 1.29 is 124 Å². The van der Waals surface area contributed by atoms with Crippen molar-refractivity contribution in [2.75, 3.05) is 251 Å². The molecular weight excluding hydrogens is 1580 g/mol. The molecule has 0 saturated carbocycles. The SMILES string of the molecule is CCC.CN(C)c1ncccc1OCCOCCOCCOCCN=[N+]=[N-].C[N+](C)(C)c1ncccc1OCCOCCOCCOCCN=[N+]=[N-].Cc1ccc(S(=O)(=O)OCCOCCOCCOCCN=[N+]=[N-])cc1.O=S(=O)([O-])C(F)(F)F.Oc1cccnc1F.[N-]=[N+]=NCCOCCOCCOCCOc1cccnc1F. The predicted molar refractivity (Wildman–Crippen MR) is 411 cm³/mol. The first-order valence-electron chi connectivity index (χ1n) is 35.3. The molecule has 0 fully saturated rings. The maximum absolute atomic E-state index is 13.1. The van der Waals surface area contributed by atoms with Crippen LogP contribution < -0.4 is 23.6 Å². The molecule has 4 heterocycles. The third-order valence-electron chi connectivity index (χ3n) is 12.1. The van der Waals surface area contributed by atoms with Crippen molar-refractivity contribution in [2.24, 2.45) is 20.5 Å². The number of aryl methyl sites for hydroxylation is 1. The Bertz CT molecular complexity index is 3650. The molecule has 0 aliphatic heterocycles. The zero-order chi connectivity index (χ0) is 85.8. The molecule has 0 atom stereocenters. The monoisotopic (exact) mass is 1690 g/mol. The van der Waals surface area contributed by atoms with Crippen molar-refractivity contribution in [2.45, 2.75) is 37.6 Å². The lowest BCUT2D eigenvalue weighted by Crippen LogP contribution is -2.36. The molecule has 4 aromatic heterocycles. The number of halogens is 5. The summed E-state index contributed by atoms with van der Waals surface area (Å²) in [4.78, 5) is 27.8. The van der Waals surface area contributed by atoms with Crippen molar-refractivity contribution >= 4 is 31.9 Å². The van der Waals surface area contributed by atoms with Gasteiger partial charge in [-0.15, -0.1) is 0 Å². The maximum Gasteiger partial charge on any atom is 0.485 e. The van der Waals surface area contributed by atoms with Gasteiger partial charge in [-0.3, -0.25) is 8.67 Å². The zero-order valence-corrected chi connectivity index (χ0v) is 67.5. The Morgan fingerprint density at radius 3 is 1.04 bits per heavy atom. The Balaban J connectivity index is 0. The van der Waals surface area contributed by atoms with Crippen LogP contribution in [0.4, 0.5) is 33.6 Å². The van der Waals surface area contributed by atoms with Gasteiger partial charge in [0.1, 0.15) is 19.8 Å². The van der Waals surface area contributed by atoms with E-state index in [9.17, 15) is 30.4 Å². The van der Waals surface area contributed by atoms with Crippen molar-refractivity contribution in [3.05, 3.63) is 157 Å². The smallest absolute Gasteiger partial charge is 0.485 e. The quantitative estimate of drug-likeness (QED) is 0.00361. The second kappa shape index (κ2) is 72.7. The van der Waals surface area contributed by atoms with Gasteiger partial charge in [0.25, 0.3) is 27.8 Å². The lowest BCUT2D eigenvalue weighted by molar-refractivity contribution is -0.0518. The minimum Gasteiger partial charge on any atom is -0.741 e. The first-order chi connectivity index (χ1) is 55.2. The topological polar surface area (TPSA) is 509 Å². The van der Waals surface area contributed by atoms with Crippen LogP contribution in [0.1, 0.15) is 25.8 Å². The number of hydrogen-bond donors (Lipinski definition) is 1. The maximum atomic E-state index is 13.1. The number of benzene rings is 1. The summed E-state index contributed by atoms with van der Waals surface area (Å²) in [5, 5.41) is 21.9. The molecule has 115 heavy (non-hydrogen) atoms. The molecular formula is C68H107F5N18O22S2. The van der Waals surface area contributed by atoms with Crippen LogP contribution >= 0.6 is 0 Å². The number of rotatable bonds is 55. The van der Waals surface area contributed by atoms with E-state index in [0.717, 1.165) is 28.7 Å². The molecule has 5 rings (SSSR count). The van der Waals surface area contributed by atoms with Gasteiger partial charge in [0, 0.05) is 84.7 Å². The number of aromatic nitrogens is 4. The Labute approximate surface area is 666 Å². The minimum absolute atomic E-state index is 0.0568. The van der Waals surface area contributed by atoms with Crippen LogP contribution in [0, 0.1) is 18.8 Å². The molecule has 0 aliphatic rings. The minimum atomic E-state index is -6.09. The van der Waals surface area contributed by atoms with Gasteiger partial charge >= 0.3 is 5.51 Å². The molecule has 648 valence electrons. The third-order valence-corrected chi connectivity index (χ3v) is 14.0. The van der Waals surface area contributed by atoms with Gasteiger partial charge in [-0.2, -0.15) is 30.4 Å².